The molecular formula is C14H22N2O. The number of hydrogen-bond acceptors (Lipinski definition) is 2. The van der Waals surface area contributed by atoms with Crippen molar-refractivity contribution in [3.05, 3.63) is 35.4 Å². The number of rotatable bonds is 6. The molecule has 0 saturated heterocycles. The van der Waals surface area contributed by atoms with Crippen molar-refractivity contribution in [1.29, 1.82) is 0 Å². The van der Waals surface area contributed by atoms with Crippen LogP contribution in [0.4, 0.5) is 0 Å². The molecule has 17 heavy (non-hydrogen) atoms. The Morgan fingerprint density at radius 2 is 1.82 bits per heavy atom. The fourth-order valence-corrected chi connectivity index (χ4v) is 1.72. The molecular weight excluding hydrogens is 212 g/mol. The summed E-state index contributed by atoms with van der Waals surface area (Å²) in [7, 11) is 0. The van der Waals surface area contributed by atoms with E-state index in [-0.39, 0.29) is 5.91 Å². The van der Waals surface area contributed by atoms with Gasteiger partial charge in [-0.25, -0.2) is 0 Å². The van der Waals surface area contributed by atoms with Crippen LogP contribution in [0, 0.1) is 5.92 Å². The minimum absolute atomic E-state index is 0.0343. The van der Waals surface area contributed by atoms with Gasteiger partial charge in [0, 0.05) is 13.1 Å². The highest BCUT2D eigenvalue weighted by Crippen LogP contribution is 2.10. The van der Waals surface area contributed by atoms with Gasteiger partial charge in [0.05, 0.1) is 6.42 Å². The lowest BCUT2D eigenvalue weighted by Gasteiger charge is -2.07. The molecule has 1 rings (SSSR count). The molecule has 1 aromatic rings. The van der Waals surface area contributed by atoms with Crippen molar-refractivity contribution in [2.45, 2.75) is 26.7 Å². The molecule has 1 aromatic carbocycles. The Kier molecular flexibility index (Phi) is 5.70. The lowest BCUT2D eigenvalue weighted by Crippen LogP contribution is -2.30. The van der Waals surface area contributed by atoms with Crippen molar-refractivity contribution < 1.29 is 4.79 Å². The molecule has 0 radical (unpaired) electrons. The largest absolute Gasteiger partial charge is 0.355 e. The van der Waals surface area contributed by atoms with E-state index in [1.807, 2.05) is 12.1 Å². The van der Waals surface area contributed by atoms with E-state index in [9.17, 15) is 4.79 Å². The Bertz CT molecular complexity index is 344. The summed E-state index contributed by atoms with van der Waals surface area (Å²) < 4.78 is 0. The smallest absolute Gasteiger partial charge is 0.224 e. The third-order valence-electron chi connectivity index (χ3n) is 2.50. The Labute approximate surface area is 103 Å². The first kappa shape index (κ1) is 13.7. The molecule has 0 aliphatic rings. The van der Waals surface area contributed by atoms with Crippen LogP contribution in [0.15, 0.2) is 24.3 Å². The first-order valence-corrected chi connectivity index (χ1v) is 6.16. The number of amides is 1. The van der Waals surface area contributed by atoms with Gasteiger partial charge in [0.15, 0.2) is 0 Å². The van der Waals surface area contributed by atoms with Gasteiger partial charge in [-0.2, -0.15) is 0 Å². The highest BCUT2D eigenvalue weighted by Gasteiger charge is 2.03. The molecule has 0 bridgehead atoms. The number of nitrogens with two attached hydrogens (primary N) is 1. The summed E-state index contributed by atoms with van der Waals surface area (Å²) in [4.78, 5) is 11.5. The highest BCUT2D eigenvalue weighted by molar-refractivity contribution is 5.78. The Balaban J connectivity index is 2.47. The molecule has 94 valence electrons. The fourth-order valence-electron chi connectivity index (χ4n) is 1.72. The van der Waals surface area contributed by atoms with Crippen LogP contribution in [-0.2, 0) is 17.6 Å². The zero-order chi connectivity index (χ0) is 12.7. The van der Waals surface area contributed by atoms with E-state index in [1.165, 1.54) is 5.56 Å². The molecule has 3 nitrogen and oxygen atoms in total. The summed E-state index contributed by atoms with van der Waals surface area (Å²) in [6.45, 7) is 5.44. The minimum Gasteiger partial charge on any atom is -0.355 e. The van der Waals surface area contributed by atoms with Gasteiger partial charge in [0.2, 0.25) is 5.91 Å². The van der Waals surface area contributed by atoms with E-state index in [1.54, 1.807) is 0 Å². The number of benzene rings is 1. The average Bonchev–Trinajstić information content (AvgIpc) is 2.28. The molecule has 0 aliphatic heterocycles. The van der Waals surface area contributed by atoms with Gasteiger partial charge in [-0.3, -0.25) is 4.79 Å². The second kappa shape index (κ2) is 7.07. The summed E-state index contributed by atoms with van der Waals surface area (Å²) in [6, 6.07) is 8.26. The van der Waals surface area contributed by atoms with Gasteiger partial charge in [-0.05, 0) is 23.5 Å². The van der Waals surface area contributed by atoms with Gasteiger partial charge >= 0.3 is 0 Å². The van der Waals surface area contributed by atoms with Gasteiger partial charge in [0.25, 0.3) is 0 Å². The van der Waals surface area contributed by atoms with Crippen LogP contribution in [0.25, 0.3) is 0 Å². The van der Waals surface area contributed by atoms with E-state index >= 15 is 0 Å². The maximum atomic E-state index is 11.5. The molecule has 0 fully saturated rings. The SMILES string of the molecule is CC(C)Cc1ccc(CC(=O)NCCN)cc1. The van der Waals surface area contributed by atoms with Crippen molar-refractivity contribution in [3.8, 4) is 0 Å². The third kappa shape index (κ3) is 5.50. The molecule has 1 amide bonds. The summed E-state index contributed by atoms with van der Waals surface area (Å²) in [5.41, 5.74) is 7.69. The Morgan fingerprint density at radius 3 is 2.35 bits per heavy atom. The summed E-state index contributed by atoms with van der Waals surface area (Å²) >= 11 is 0. The van der Waals surface area contributed by atoms with E-state index in [2.05, 4.69) is 31.3 Å². The number of nitrogens with one attached hydrogen (secondary N) is 1. The number of carbonyl (C=O) groups excluding carboxylic acids is 1. The Morgan fingerprint density at radius 1 is 1.24 bits per heavy atom. The van der Waals surface area contributed by atoms with Crippen LogP contribution >= 0.6 is 0 Å². The predicted octanol–water partition coefficient (Wildman–Crippen LogP) is 1.50. The molecule has 0 saturated carbocycles. The maximum Gasteiger partial charge on any atom is 0.224 e. The van der Waals surface area contributed by atoms with E-state index in [0.717, 1.165) is 12.0 Å². The van der Waals surface area contributed by atoms with Crippen LogP contribution in [-0.4, -0.2) is 19.0 Å². The standard InChI is InChI=1S/C14H22N2O/c1-11(2)9-12-3-5-13(6-4-12)10-14(17)16-8-7-15/h3-6,11H,7-10,15H2,1-2H3,(H,16,17). The number of carbonyl (C=O) groups is 1. The first-order chi connectivity index (χ1) is 8.11. The predicted molar refractivity (Wildman–Crippen MR) is 70.8 cm³/mol. The van der Waals surface area contributed by atoms with E-state index < -0.39 is 0 Å². The lowest BCUT2D eigenvalue weighted by atomic mass is 10.0. The lowest BCUT2D eigenvalue weighted by molar-refractivity contribution is -0.120. The van der Waals surface area contributed by atoms with Crippen molar-refractivity contribution in [1.82, 2.24) is 5.32 Å². The van der Waals surface area contributed by atoms with Crippen LogP contribution in [0.5, 0.6) is 0 Å². The van der Waals surface area contributed by atoms with Crippen molar-refractivity contribution in [2.24, 2.45) is 11.7 Å². The third-order valence-corrected chi connectivity index (χ3v) is 2.50. The second-order valence-corrected chi connectivity index (χ2v) is 4.73. The zero-order valence-electron chi connectivity index (χ0n) is 10.7. The summed E-state index contributed by atoms with van der Waals surface area (Å²) in [5, 5.41) is 2.76. The summed E-state index contributed by atoms with van der Waals surface area (Å²) in [5.74, 6) is 0.695. The average molecular weight is 234 g/mol. The molecule has 0 aromatic heterocycles. The minimum atomic E-state index is 0.0343. The quantitative estimate of drug-likeness (QED) is 0.783. The van der Waals surface area contributed by atoms with E-state index in [0.29, 0.717) is 25.4 Å². The van der Waals surface area contributed by atoms with Crippen LogP contribution < -0.4 is 11.1 Å². The van der Waals surface area contributed by atoms with Gasteiger partial charge in [0.1, 0.15) is 0 Å². The second-order valence-electron chi connectivity index (χ2n) is 4.73. The monoisotopic (exact) mass is 234 g/mol. The topological polar surface area (TPSA) is 55.1 Å². The molecule has 3 heteroatoms. The van der Waals surface area contributed by atoms with Gasteiger partial charge < -0.3 is 11.1 Å². The molecule has 0 atom stereocenters. The summed E-state index contributed by atoms with van der Waals surface area (Å²) in [6.07, 6.45) is 1.52. The molecule has 0 heterocycles. The van der Waals surface area contributed by atoms with Crippen molar-refractivity contribution in [2.75, 3.05) is 13.1 Å². The zero-order valence-corrected chi connectivity index (χ0v) is 10.7. The molecule has 0 unspecified atom stereocenters. The van der Waals surface area contributed by atoms with Crippen molar-refractivity contribution in [3.63, 3.8) is 0 Å². The normalized spacial score (nSPS) is 10.6. The highest BCUT2D eigenvalue weighted by atomic mass is 16.1. The molecule has 0 spiro atoms. The van der Waals surface area contributed by atoms with Crippen LogP contribution in [0.3, 0.4) is 0 Å². The molecule has 3 N–H and O–H groups in total. The van der Waals surface area contributed by atoms with Crippen LogP contribution in [0.2, 0.25) is 0 Å². The van der Waals surface area contributed by atoms with E-state index in [4.69, 9.17) is 5.73 Å². The van der Waals surface area contributed by atoms with Gasteiger partial charge in [-0.1, -0.05) is 38.1 Å². The fraction of sp³-hybridized carbons (Fsp3) is 0.500. The first-order valence-electron chi connectivity index (χ1n) is 6.16. The maximum absolute atomic E-state index is 11.5. The number of hydrogen-bond donors (Lipinski definition) is 2. The van der Waals surface area contributed by atoms with Gasteiger partial charge in [-0.15, -0.1) is 0 Å². The molecule has 0 aliphatic carbocycles. The van der Waals surface area contributed by atoms with Crippen LogP contribution in [0.1, 0.15) is 25.0 Å². The Hall–Kier alpha value is -1.35. The van der Waals surface area contributed by atoms with Crippen molar-refractivity contribution >= 4 is 5.91 Å².